The number of ether oxygens (including phenoxy) is 1. The Hall–Kier alpha value is -1.07. The molecule has 0 spiro atoms. The van der Waals surface area contributed by atoms with Gasteiger partial charge in [-0.2, -0.15) is 0 Å². The van der Waals surface area contributed by atoms with Gasteiger partial charge in [-0.15, -0.1) is 0 Å². The maximum Gasteiger partial charge on any atom is 0.321 e. The van der Waals surface area contributed by atoms with Crippen LogP contribution < -0.4 is 0 Å². The smallest absolute Gasteiger partial charge is 0.321 e. The lowest BCUT2D eigenvalue weighted by molar-refractivity contribution is -0.139. The molecule has 16 heavy (non-hydrogen) atoms. The third-order valence-electron chi connectivity index (χ3n) is 1.79. The van der Waals surface area contributed by atoms with Crippen molar-refractivity contribution in [2.75, 3.05) is 12.4 Å². The van der Waals surface area contributed by atoms with Gasteiger partial charge in [0.05, 0.1) is 11.5 Å². The summed E-state index contributed by atoms with van der Waals surface area (Å²) in [4.78, 5) is 11.1. The highest BCUT2D eigenvalue weighted by Crippen LogP contribution is 2.15. The molecule has 0 unspecified atom stereocenters. The third-order valence-corrected chi connectivity index (χ3v) is 3.64. The van der Waals surface area contributed by atoms with Crippen LogP contribution in [0.5, 0.6) is 0 Å². The Morgan fingerprint density at radius 3 is 2.38 bits per heavy atom. The summed E-state index contributed by atoms with van der Waals surface area (Å²) >= 11 is 5.63. The predicted molar refractivity (Wildman–Crippen MR) is 60.1 cm³/mol. The first-order chi connectivity index (χ1) is 7.45. The van der Waals surface area contributed by atoms with Crippen LogP contribution in [0, 0.1) is 0 Å². The molecule has 1 aromatic carbocycles. The summed E-state index contributed by atoms with van der Waals surface area (Å²) in [7, 11) is -3.63. The normalized spacial score (nSPS) is 11.1. The number of hydrogen-bond donors (Lipinski definition) is 0. The van der Waals surface area contributed by atoms with Gasteiger partial charge < -0.3 is 4.74 Å². The molecule has 0 aliphatic rings. The quantitative estimate of drug-likeness (QED) is 0.775. The van der Waals surface area contributed by atoms with E-state index in [4.69, 9.17) is 11.6 Å². The van der Waals surface area contributed by atoms with E-state index in [1.165, 1.54) is 24.3 Å². The minimum absolute atomic E-state index is 0.0601. The van der Waals surface area contributed by atoms with E-state index >= 15 is 0 Å². The van der Waals surface area contributed by atoms with Crippen LogP contribution >= 0.6 is 11.6 Å². The van der Waals surface area contributed by atoms with Gasteiger partial charge in [0.15, 0.2) is 15.6 Å². The van der Waals surface area contributed by atoms with Gasteiger partial charge in [0.1, 0.15) is 0 Å². The Balaban J connectivity index is 2.86. The average molecular weight is 263 g/mol. The molecule has 0 aromatic heterocycles. The fourth-order valence-corrected chi connectivity index (χ4v) is 2.32. The molecule has 0 bridgehead atoms. The van der Waals surface area contributed by atoms with E-state index in [0.29, 0.717) is 5.02 Å². The zero-order valence-corrected chi connectivity index (χ0v) is 10.2. The van der Waals surface area contributed by atoms with E-state index in [9.17, 15) is 13.2 Å². The fraction of sp³-hybridized carbons (Fsp3) is 0.300. The summed E-state index contributed by atoms with van der Waals surface area (Å²) in [5, 5.41) is 0.440. The van der Waals surface area contributed by atoms with E-state index in [1.807, 2.05) is 0 Å². The van der Waals surface area contributed by atoms with Crippen molar-refractivity contribution in [2.45, 2.75) is 11.8 Å². The molecule has 1 rings (SSSR count). The van der Waals surface area contributed by atoms with Crippen LogP contribution in [0.3, 0.4) is 0 Å². The number of esters is 1. The van der Waals surface area contributed by atoms with Gasteiger partial charge in [-0.05, 0) is 31.2 Å². The largest absolute Gasteiger partial charge is 0.465 e. The van der Waals surface area contributed by atoms with Crippen LogP contribution in [0.4, 0.5) is 0 Å². The van der Waals surface area contributed by atoms with Crippen molar-refractivity contribution in [2.24, 2.45) is 0 Å². The number of rotatable bonds is 4. The highest BCUT2D eigenvalue weighted by molar-refractivity contribution is 7.92. The van der Waals surface area contributed by atoms with Gasteiger partial charge in [0, 0.05) is 5.02 Å². The molecule has 0 fully saturated rings. The standard InChI is InChI=1S/C10H11ClO4S/c1-2-15-10(12)7-16(13,14)9-5-3-8(11)4-6-9/h3-6H,2,7H2,1H3. The van der Waals surface area contributed by atoms with Gasteiger partial charge in [0.25, 0.3) is 0 Å². The molecule has 0 aliphatic heterocycles. The Morgan fingerprint density at radius 1 is 1.31 bits per heavy atom. The number of carbonyl (C=O) groups excluding carboxylic acids is 1. The van der Waals surface area contributed by atoms with Crippen molar-refractivity contribution in [3.05, 3.63) is 29.3 Å². The number of carbonyl (C=O) groups is 1. The van der Waals surface area contributed by atoms with Crippen molar-refractivity contribution >= 4 is 27.4 Å². The molecule has 1 aromatic rings. The minimum atomic E-state index is -3.63. The molecule has 0 saturated carbocycles. The number of halogens is 1. The zero-order chi connectivity index (χ0) is 12.2. The number of sulfone groups is 1. The van der Waals surface area contributed by atoms with E-state index < -0.39 is 21.6 Å². The molecule has 0 heterocycles. The lowest BCUT2D eigenvalue weighted by atomic mass is 10.4. The van der Waals surface area contributed by atoms with Crippen molar-refractivity contribution in [3.63, 3.8) is 0 Å². The Labute approximate surface area is 99.1 Å². The molecule has 4 nitrogen and oxygen atoms in total. The monoisotopic (exact) mass is 262 g/mol. The van der Waals surface area contributed by atoms with E-state index in [-0.39, 0.29) is 11.5 Å². The van der Waals surface area contributed by atoms with Crippen molar-refractivity contribution < 1.29 is 17.9 Å². The van der Waals surface area contributed by atoms with E-state index in [2.05, 4.69) is 4.74 Å². The summed E-state index contributed by atoms with van der Waals surface area (Å²) in [6, 6.07) is 5.63. The average Bonchev–Trinajstić information content (AvgIpc) is 2.17. The van der Waals surface area contributed by atoms with Crippen LogP contribution in [0.1, 0.15) is 6.92 Å². The first-order valence-corrected chi connectivity index (χ1v) is 6.62. The lowest BCUT2D eigenvalue weighted by Gasteiger charge is -2.04. The molecule has 0 aliphatic carbocycles. The maximum absolute atomic E-state index is 11.7. The van der Waals surface area contributed by atoms with Gasteiger partial charge in [0.2, 0.25) is 0 Å². The van der Waals surface area contributed by atoms with Crippen LogP contribution in [0.25, 0.3) is 0 Å². The van der Waals surface area contributed by atoms with Gasteiger partial charge in [-0.3, -0.25) is 4.79 Å². The number of hydrogen-bond acceptors (Lipinski definition) is 4. The molecule has 0 radical (unpaired) electrons. The molecule has 0 atom stereocenters. The molecular weight excluding hydrogens is 252 g/mol. The van der Waals surface area contributed by atoms with E-state index in [1.54, 1.807) is 6.92 Å². The lowest BCUT2D eigenvalue weighted by Crippen LogP contribution is -2.18. The van der Waals surface area contributed by atoms with Gasteiger partial charge >= 0.3 is 5.97 Å². The van der Waals surface area contributed by atoms with Crippen molar-refractivity contribution in [1.82, 2.24) is 0 Å². The minimum Gasteiger partial charge on any atom is -0.465 e. The second-order valence-electron chi connectivity index (χ2n) is 3.02. The Bertz CT molecular complexity index is 464. The molecule has 0 N–H and O–H groups in total. The summed E-state index contributed by atoms with van der Waals surface area (Å²) in [5.74, 6) is -1.40. The molecule has 0 amide bonds. The maximum atomic E-state index is 11.7. The highest BCUT2D eigenvalue weighted by atomic mass is 35.5. The second-order valence-corrected chi connectivity index (χ2v) is 5.44. The third kappa shape index (κ3) is 3.50. The highest BCUT2D eigenvalue weighted by Gasteiger charge is 2.19. The van der Waals surface area contributed by atoms with E-state index in [0.717, 1.165) is 0 Å². The first kappa shape index (κ1) is 13.0. The molecule has 6 heteroatoms. The van der Waals surface area contributed by atoms with Crippen LogP contribution in [0.15, 0.2) is 29.2 Å². The van der Waals surface area contributed by atoms with Crippen molar-refractivity contribution in [3.8, 4) is 0 Å². The van der Waals surface area contributed by atoms with Gasteiger partial charge in [-0.1, -0.05) is 11.6 Å². The topological polar surface area (TPSA) is 60.4 Å². The SMILES string of the molecule is CCOC(=O)CS(=O)(=O)c1ccc(Cl)cc1. The number of benzene rings is 1. The van der Waals surface area contributed by atoms with Gasteiger partial charge in [-0.25, -0.2) is 8.42 Å². The molecule has 0 saturated heterocycles. The van der Waals surface area contributed by atoms with Crippen molar-refractivity contribution in [1.29, 1.82) is 0 Å². The summed E-state index contributed by atoms with van der Waals surface area (Å²) in [6.07, 6.45) is 0. The molecular formula is C10H11ClO4S. The Kier molecular flexibility index (Phi) is 4.32. The second kappa shape index (κ2) is 5.32. The van der Waals surface area contributed by atoms with Crippen LogP contribution in [-0.4, -0.2) is 26.7 Å². The Morgan fingerprint density at radius 2 is 1.88 bits per heavy atom. The van der Waals surface area contributed by atoms with Crippen LogP contribution in [0.2, 0.25) is 5.02 Å². The summed E-state index contributed by atoms with van der Waals surface area (Å²) < 4.78 is 27.9. The fourth-order valence-electron chi connectivity index (χ4n) is 1.08. The molecule has 88 valence electrons. The summed E-state index contributed by atoms with van der Waals surface area (Å²) in [6.45, 7) is 1.78. The van der Waals surface area contributed by atoms with Crippen LogP contribution in [-0.2, 0) is 19.4 Å². The predicted octanol–water partition coefficient (Wildman–Crippen LogP) is 1.68. The zero-order valence-electron chi connectivity index (χ0n) is 8.64. The first-order valence-electron chi connectivity index (χ1n) is 4.59. The summed E-state index contributed by atoms with van der Waals surface area (Å²) in [5.41, 5.74) is 0.